The Balaban J connectivity index is 2.56. The van der Waals surface area contributed by atoms with Crippen molar-refractivity contribution in [1.82, 2.24) is 0 Å². The fraction of sp³-hybridized carbons (Fsp3) is 0.429. The van der Waals surface area contributed by atoms with E-state index in [0.717, 1.165) is 19.9 Å². The summed E-state index contributed by atoms with van der Waals surface area (Å²) in [5.41, 5.74) is -10.4. The molecule has 8 heteroatoms. The van der Waals surface area contributed by atoms with Gasteiger partial charge in [0.2, 0.25) is 0 Å². The van der Waals surface area contributed by atoms with Crippen LogP contribution in [0.3, 0.4) is 0 Å². The molecule has 0 aliphatic heterocycles. The summed E-state index contributed by atoms with van der Waals surface area (Å²) in [4.78, 5) is 55.7. The summed E-state index contributed by atoms with van der Waals surface area (Å²) in [6, 6.07) is 0. The molecule has 0 spiro atoms. The molecule has 4 N–H and O–H groups in total. The molecule has 0 saturated heterocycles. The Morgan fingerprint density at radius 1 is 0.861 bits per heavy atom. The summed E-state index contributed by atoms with van der Waals surface area (Å²) in [7, 11) is 0. The van der Waals surface area contributed by atoms with Crippen LogP contribution in [-0.4, -0.2) is 54.8 Å². The normalized spacial score (nSPS) is 40.4. The van der Waals surface area contributed by atoms with Crippen LogP contribution in [0.1, 0.15) is 41.5 Å². The maximum atomic E-state index is 14.0. The van der Waals surface area contributed by atoms with Gasteiger partial charge in [-0.2, -0.15) is 0 Å². The van der Waals surface area contributed by atoms with E-state index in [2.05, 4.69) is 0 Å². The molecule has 4 aliphatic rings. The van der Waals surface area contributed by atoms with Crippen LogP contribution in [0.2, 0.25) is 0 Å². The van der Waals surface area contributed by atoms with Crippen molar-refractivity contribution < 1.29 is 39.6 Å². The minimum absolute atomic E-state index is 0.360. The molecule has 2 bridgehead atoms. The first-order valence-corrected chi connectivity index (χ1v) is 11.7. The van der Waals surface area contributed by atoms with Crippen LogP contribution in [0.5, 0.6) is 0 Å². The molecule has 4 rings (SSSR count). The van der Waals surface area contributed by atoms with E-state index in [0.29, 0.717) is 0 Å². The molecule has 3 saturated carbocycles. The summed E-state index contributed by atoms with van der Waals surface area (Å²) in [5.74, 6) is -8.63. The zero-order valence-corrected chi connectivity index (χ0v) is 21.2. The monoisotopic (exact) mass is 496 g/mol. The third-order valence-electron chi connectivity index (χ3n) is 8.03. The number of ketones is 4. The average Bonchev–Trinajstić information content (AvgIpc) is 2.81. The van der Waals surface area contributed by atoms with E-state index in [9.17, 15) is 39.6 Å². The van der Waals surface area contributed by atoms with Crippen LogP contribution in [0.4, 0.5) is 0 Å². The predicted octanol–water partition coefficient (Wildman–Crippen LogP) is 2.94. The molecule has 8 nitrogen and oxygen atoms in total. The van der Waals surface area contributed by atoms with Gasteiger partial charge in [-0.15, -0.1) is 0 Å². The Bertz CT molecular complexity index is 1240. The molecule has 0 unspecified atom stereocenters. The third kappa shape index (κ3) is 3.07. The fourth-order valence-corrected chi connectivity index (χ4v) is 6.42. The van der Waals surface area contributed by atoms with Crippen LogP contribution in [0.15, 0.2) is 71.3 Å². The number of aliphatic hydroxyl groups excluding tert-OH is 2. The molecule has 0 radical (unpaired) electrons. The molecule has 0 amide bonds. The maximum Gasteiger partial charge on any atom is 0.179 e. The standard InChI is InChI=1S/C28H32O8/c1-7-9-11-13-16(29)18-19-20-27(6,36)21(31)15(3)22(32)28(20,17(30)14-12-10-8-2)25(4,23(18)33)24(34)26(19,5)35/h7-14,19-20,29,31,35-36H,1-6H3/b9-7+,10-8+,13-11+,14-12+,18-16-/t19-,20-,25-,26+,27+,28-/m1/s1. The lowest BCUT2D eigenvalue weighted by Gasteiger charge is -2.66. The molecule has 0 aromatic rings. The summed E-state index contributed by atoms with van der Waals surface area (Å²) < 4.78 is 0. The molecule has 36 heavy (non-hydrogen) atoms. The lowest BCUT2D eigenvalue weighted by Crippen LogP contribution is -2.82. The molecule has 192 valence electrons. The van der Waals surface area contributed by atoms with Gasteiger partial charge in [-0.1, -0.05) is 36.5 Å². The number of Topliss-reactive ketones (excluding diaryl/α,β-unsaturated/α-hetero) is 3. The van der Waals surface area contributed by atoms with Gasteiger partial charge in [0.15, 0.2) is 23.1 Å². The minimum atomic E-state index is -2.49. The van der Waals surface area contributed by atoms with Crippen molar-refractivity contribution in [3.05, 3.63) is 71.3 Å². The highest BCUT2D eigenvalue weighted by Crippen LogP contribution is 2.70. The van der Waals surface area contributed by atoms with E-state index in [4.69, 9.17) is 0 Å². The zero-order valence-electron chi connectivity index (χ0n) is 21.2. The van der Waals surface area contributed by atoms with Crippen molar-refractivity contribution in [2.24, 2.45) is 22.7 Å². The van der Waals surface area contributed by atoms with Crippen molar-refractivity contribution in [3.8, 4) is 0 Å². The maximum absolute atomic E-state index is 14.0. The van der Waals surface area contributed by atoms with Crippen molar-refractivity contribution in [2.45, 2.75) is 52.7 Å². The molecule has 0 aromatic heterocycles. The molecule has 3 fully saturated rings. The smallest absolute Gasteiger partial charge is 0.179 e. The number of aliphatic hydroxyl groups is 4. The highest BCUT2D eigenvalue weighted by Gasteiger charge is 2.85. The molecule has 0 heterocycles. The number of allylic oxidation sites excluding steroid dienone is 9. The second kappa shape index (κ2) is 8.64. The second-order valence-corrected chi connectivity index (χ2v) is 10.1. The first-order valence-electron chi connectivity index (χ1n) is 11.7. The Labute approximate surface area is 209 Å². The molecular formula is C28H32O8. The second-order valence-electron chi connectivity index (χ2n) is 10.1. The van der Waals surface area contributed by atoms with E-state index in [-0.39, 0.29) is 5.57 Å². The molecule has 0 aromatic carbocycles. The predicted molar refractivity (Wildman–Crippen MR) is 132 cm³/mol. The van der Waals surface area contributed by atoms with Crippen LogP contribution in [0.25, 0.3) is 0 Å². The average molecular weight is 497 g/mol. The van der Waals surface area contributed by atoms with Crippen molar-refractivity contribution >= 4 is 23.1 Å². The van der Waals surface area contributed by atoms with E-state index in [1.165, 1.54) is 38.2 Å². The summed E-state index contributed by atoms with van der Waals surface area (Å²) in [5, 5.41) is 44.9. The Morgan fingerprint density at radius 2 is 1.39 bits per heavy atom. The van der Waals surface area contributed by atoms with E-state index < -0.39 is 74.1 Å². The number of hydrogen-bond acceptors (Lipinski definition) is 8. The quantitative estimate of drug-likeness (QED) is 0.196. The SMILES string of the molecule is C/C=C/C=C/C(=O)[C@]12C(=O)C(C)=C(O)[C@@](C)(O)[C@H]1[C@H]1\C(=C(O)/C=C/C=C/C)C(=O)[C@]2(C)C(=O)[C@@]1(C)O. The number of rotatable bonds is 5. The summed E-state index contributed by atoms with van der Waals surface area (Å²) in [6.45, 7) is 8.03. The first kappa shape index (κ1) is 27.2. The zero-order chi connectivity index (χ0) is 27.4. The first-order chi connectivity index (χ1) is 16.6. The summed E-state index contributed by atoms with van der Waals surface area (Å²) >= 11 is 0. The van der Waals surface area contributed by atoms with Crippen molar-refractivity contribution in [3.63, 3.8) is 0 Å². The van der Waals surface area contributed by atoms with Gasteiger partial charge >= 0.3 is 0 Å². The van der Waals surface area contributed by atoms with Crippen LogP contribution in [0, 0.1) is 22.7 Å². The number of carbonyl (C=O) groups is 4. The van der Waals surface area contributed by atoms with Gasteiger partial charge in [-0.05, 0) is 53.7 Å². The van der Waals surface area contributed by atoms with Crippen LogP contribution in [-0.2, 0) is 19.2 Å². The van der Waals surface area contributed by atoms with Gasteiger partial charge in [0.25, 0.3) is 0 Å². The van der Waals surface area contributed by atoms with Gasteiger partial charge in [0.05, 0.1) is 0 Å². The third-order valence-corrected chi connectivity index (χ3v) is 8.03. The van der Waals surface area contributed by atoms with E-state index >= 15 is 0 Å². The van der Waals surface area contributed by atoms with Gasteiger partial charge < -0.3 is 20.4 Å². The van der Waals surface area contributed by atoms with Gasteiger partial charge in [0, 0.05) is 23.0 Å². The molecular weight excluding hydrogens is 464 g/mol. The number of hydrogen-bond donors (Lipinski definition) is 4. The van der Waals surface area contributed by atoms with Gasteiger partial charge in [-0.25, -0.2) is 0 Å². The van der Waals surface area contributed by atoms with E-state index in [1.807, 2.05) is 0 Å². The topological polar surface area (TPSA) is 149 Å². The Hall–Kier alpha value is -3.36. The van der Waals surface area contributed by atoms with Crippen LogP contribution < -0.4 is 0 Å². The highest BCUT2D eigenvalue weighted by atomic mass is 16.3. The van der Waals surface area contributed by atoms with Crippen LogP contribution >= 0.6 is 0 Å². The highest BCUT2D eigenvalue weighted by molar-refractivity contribution is 6.33. The minimum Gasteiger partial charge on any atom is -0.509 e. The summed E-state index contributed by atoms with van der Waals surface area (Å²) in [6.07, 6.45) is 11.4. The number of fused-ring (bicyclic) bond motifs is 2. The van der Waals surface area contributed by atoms with E-state index in [1.54, 1.807) is 32.1 Å². The molecule has 4 aliphatic carbocycles. The van der Waals surface area contributed by atoms with Crippen molar-refractivity contribution in [2.75, 3.05) is 0 Å². The van der Waals surface area contributed by atoms with Gasteiger partial charge in [0.1, 0.15) is 33.6 Å². The fourth-order valence-electron chi connectivity index (χ4n) is 6.42. The lowest BCUT2D eigenvalue weighted by molar-refractivity contribution is -0.222. The lowest BCUT2D eigenvalue weighted by atomic mass is 9.32. The number of carbonyl (C=O) groups excluding carboxylic acids is 4. The Kier molecular flexibility index (Phi) is 6.53. The Morgan fingerprint density at radius 3 is 1.92 bits per heavy atom. The largest absolute Gasteiger partial charge is 0.509 e. The van der Waals surface area contributed by atoms with Crippen molar-refractivity contribution in [1.29, 1.82) is 0 Å². The van der Waals surface area contributed by atoms with Gasteiger partial charge in [-0.3, -0.25) is 19.2 Å². The molecule has 6 atom stereocenters.